The minimum absolute atomic E-state index is 0.109. The Morgan fingerprint density at radius 2 is 1.79 bits per heavy atom. The molecule has 0 spiro atoms. The minimum Gasteiger partial charge on any atom is -0.309 e. The van der Waals surface area contributed by atoms with E-state index in [9.17, 15) is 4.39 Å². The molecule has 0 aliphatic rings. The van der Waals surface area contributed by atoms with Crippen LogP contribution < -0.4 is 5.32 Å². The fourth-order valence-corrected chi connectivity index (χ4v) is 2.40. The number of hydrogen-bond acceptors (Lipinski definition) is 1. The average molecular weight is 257 g/mol. The van der Waals surface area contributed by atoms with Gasteiger partial charge in [-0.3, -0.25) is 0 Å². The predicted molar refractivity (Wildman–Crippen MR) is 77.7 cm³/mol. The van der Waals surface area contributed by atoms with Crippen LogP contribution in [0.2, 0.25) is 0 Å². The van der Waals surface area contributed by atoms with Gasteiger partial charge < -0.3 is 5.32 Å². The fourth-order valence-electron chi connectivity index (χ4n) is 2.40. The lowest BCUT2D eigenvalue weighted by Crippen LogP contribution is -2.17. The van der Waals surface area contributed by atoms with Crippen LogP contribution in [0, 0.1) is 5.82 Å². The molecule has 0 radical (unpaired) electrons. The topological polar surface area (TPSA) is 12.0 Å². The zero-order chi connectivity index (χ0) is 13.7. The van der Waals surface area contributed by atoms with E-state index in [1.54, 1.807) is 0 Å². The van der Waals surface area contributed by atoms with Gasteiger partial charge >= 0.3 is 0 Å². The van der Waals surface area contributed by atoms with Gasteiger partial charge in [0.15, 0.2) is 0 Å². The molecule has 100 valence electrons. The van der Waals surface area contributed by atoms with Crippen molar-refractivity contribution in [2.75, 3.05) is 7.05 Å². The van der Waals surface area contributed by atoms with Gasteiger partial charge in [-0.15, -0.1) is 0 Å². The summed E-state index contributed by atoms with van der Waals surface area (Å²) in [6.45, 7) is 2.18. The zero-order valence-electron chi connectivity index (χ0n) is 11.5. The molecule has 0 aliphatic heterocycles. The molecular formula is C17H20FN. The first-order chi connectivity index (χ1) is 9.24. The molecule has 19 heavy (non-hydrogen) atoms. The van der Waals surface area contributed by atoms with Crippen molar-refractivity contribution >= 4 is 0 Å². The van der Waals surface area contributed by atoms with E-state index in [1.165, 1.54) is 23.3 Å². The summed E-state index contributed by atoms with van der Waals surface area (Å²) in [5.41, 5.74) is 3.65. The molecule has 1 N–H and O–H groups in total. The van der Waals surface area contributed by atoms with E-state index >= 15 is 0 Å². The predicted octanol–water partition coefficient (Wildman–Crippen LogP) is 4.09. The molecule has 1 unspecified atom stereocenters. The van der Waals surface area contributed by atoms with Gasteiger partial charge in [-0.25, -0.2) is 4.39 Å². The molecule has 0 saturated carbocycles. The molecule has 0 heterocycles. The van der Waals surface area contributed by atoms with Crippen molar-refractivity contribution in [3.05, 3.63) is 71.0 Å². The fraction of sp³-hybridized carbons (Fsp3) is 0.294. The SMILES string of the molecule is CCCc1cccc(C(NC)c2ccc(F)cc2)c1. The van der Waals surface area contributed by atoms with Crippen LogP contribution in [0.5, 0.6) is 0 Å². The number of halogens is 1. The van der Waals surface area contributed by atoms with Crippen LogP contribution in [-0.4, -0.2) is 7.05 Å². The van der Waals surface area contributed by atoms with Crippen LogP contribution in [0.3, 0.4) is 0 Å². The van der Waals surface area contributed by atoms with Gasteiger partial charge in [0.1, 0.15) is 5.82 Å². The van der Waals surface area contributed by atoms with Crippen LogP contribution >= 0.6 is 0 Å². The third kappa shape index (κ3) is 3.42. The summed E-state index contributed by atoms with van der Waals surface area (Å²) in [5.74, 6) is -0.196. The molecule has 2 heteroatoms. The quantitative estimate of drug-likeness (QED) is 0.850. The summed E-state index contributed by atoms with van der Waals surface area (Å²) in [7, 11) is 1.93. The molecule has 1 atom stereocenters. The molecule has 0 bridgehead atoms. The van der Waals surface area contributed by atoms with Crippen molar-refractivity contribution in [3.63, 3.8) is 0 Å². The number of nitrogens with one attached hydrogen (secondary N) is 1. The maximum atomic E-state index is 13.0. The first kappa shape index (κ1) is 13.8. The van der Waals surface area contributed by atoms with Crippen molar-refractivity contribution in [1.29, 1.82) is 0 Å². The third-order valence-corrected chi connectivity index (χ3v) is 3.32. The van der Waals surface area contributed by atoms with Crippen LogP contribution in [0.15, 0.2) is 48.5 Å². The van der Waals surface area contributed by atoms with E-state index in [4.69, 9.17) is 0 Å². The lowest BCUT2D eigenvalue weighted by molar-refractivity contribution is 0.623. The third-order valence-electron chi connectivity index (χ3n) is 3.32. The molecule has 1 nitrogen and oxygen atoms in total. The van der Waals surface area contributed by atoms with Crippen molar-refractivity contribution < 1.29 is 4.39 Å². The number of rotatable bonds is 5. The molecule has 2 rings (SSSR count). The number of aryl methyl sites for hydroxylation is 1. The van der Waals surface area contributed by atoms with Gasteiger partial charge in [-0.05, 0) is 42.3 Å². The standard InChI is InChI=1S/C17H20FN/c1-3-5-13-6-4-7-15(12-13)17(19-2)14-8-10-16(18)11-9-14/h4,6-12,17,19H,3,5H2,1-2H3. The van der Waals surface area contributed by atoms with E-state index in [-0.39, 0.29) is 11.9 Å². The van der Waals surface area contributed by atoms with E-state index in [1.807, 2.05) is 19.2 Å². The Labute approximate surface area is 114 Å². The Bertz CT molecular complexity index is 519. The van der Waals surface area contributed by atoms with Crippen molar-refractivity contribution in [2.24, 2.45) is 0 Å². The highest BCUT2D eigenvalue weighted by Crippen LogP contribution is 2.23. The summed E-state index contributed by atoms with van der Waals surface area (Å²) in [5, 5.41) is 3.30. The van der Waals surface area contributed by atoms with Gasteiger partial charge in [-0.1, -0.05) is 49.7 Å². The molecule has 0 amide bonds. The summed E-state index contributed by atoms with van der Waals surface area (Å²) < 4.78 is 13.0. The second-order valence-electron chi connectivity index (χ2n) is 4.77. The van der Waals surface area contributed by atoms with Crippen LogP contribution in [0.4, 0.5) is 4.39 Å². The average Bonchev–Trinajstić information content (AvgIpc) is 2.43. The van der Waals surface area contributed by atoms with Gasteiger partial charge in [-0.2, -0.15) is 0 Å². The van der Waals surface area contributed by atoms with E-state index < -0.39 is 0 Å². The maximum absolute atomic E-state index is 13.0. The molecule has 2 aromatic rings. The highest BCUT2D eigenvalue weighted by Gasteiger charge is 2.12. The summed E-state index contributed by atoms with van der Waals surface area (Å²) in [6, 6.07) is 15.4. The maximum Gasteiger partial charge on any atom is 0.123 e. The first-order valence-corrected chi connectivity index (χ1v) is 6.76. The Morgan fingerprint density at radius 1 is 1.05 bits per heavy atom. The summed E-state index contributed by atoms with van der Waals surface area (Å²) in [4.78, 5) is 0. The zero-order valence-corrected chi connectivity index (χ0v) is 11.5. The van der Waals surface area contributed by atoms with Crippen molar-refractivity contribution in [3.8, 4) is 0 Å². The van der Waals surface area contributed by atoms with E-state index in [0.717, 1.165) is 18.4 Å². The molecule has 0 saturated heterocycles. The van der Waals surface area contributed by atoms with Crippen LogP contribution in [0.1, 0.15) is 36.1 Å². The first-order valence-electron chi connectivity index (χ1n) is 6.76. The Balaban J connectivity index is 2.30. The highest BCUT2D eigenvalue weighted by molar-refractivity contribution is 5.34. The number of benzene rings is 2. The summed E-state index contributed by atoms with van der Waals surface area (Å²) in [6.07, 6.45) is 2.23. The number of hydrogen-bond donors (Lipinski definition) is 1. The Hall–Kier alpha value is -1.67. The normalized spacial score (nSPS) is 12.4. The largest absolute Gasteiger partial charge is 0.309 e. The molecule has 2 aromatic carbocycles. The van der Waals surface area contributed by atoms with Crippen molar-refractivity contribution in [2.45, 2.75) is 25.8 Å². The Morgan fingerprint density at radius 3 is 2.42 bits per heavy atom. The van der Waals surface area contributed by atoms with Gasteiger partial charge in [0.25, 0.3) is 0 Å². The lowest BCUT2D eigenvalue weighted by Gasteiger charge is -2.18. The second-order valence-corrected chi connectivity index (χ2v) is 4.77. The minimum atomic E-state index is -0.196. The Kier molecular flexibility index (Phi) is 4.69. The molecule has 0 fully saturated rings. The lowest BCUT2D eigenvalue weighted by atomic mass is 9.96. The van der Waals surface area contributed by atoms with Gasteiger partial charge in [0.2, 0.25) is 0 Å². The smallest absolute Gasteiger partial charge is 0.123 e. The molecule has 0 aliphatic carbocycles. The monoisotopic (exact) mass is 257 g/mol. The van der Waals surface area contributed by atoms with Crippen LogP contribution in [-0.2, 0) is 6.42 Å². The van der Waals surface area contributed by atoms with Gasteiger partial charge in [0.05, 0.1) is 6.04 Å². The van der Waals surface area contributed by atoms with Gasteiger partial charge in [0, 0.05) is 0 Å². The molecule has 0 aromatic heterocycles. The molecular weight excluding hydrogens is 237 g/mol. The van der Waals surface area contributed by atoms with Crippen LogP contribution in [0.25, 0.3) is 0 Å². The van der Waals surface area contributed by atoms with E-state index in [2.05, 4.69) is 36.5 Å². The summed E-state index contributed by atoms with van der Waals surface area (Å²) >= 11 is 0. The second kappa shape index (κ2) is 6.48. The van der Waals surface area contributed by atoms with Crippen molar-refractivity contribution in [1.82, 2.24) is 5.32 Å². The highest BCUT2D eigenvalue weighted by atomic mass is 19.1. The van der Waals surface area contributed by atoms with E-state index in [0.29, 0.717) is 0 Å².